The number of amides is 1. The van der Waals surface area contributed by atoms with E-state index >= 15 is 0 Å². The van der Waals surface area contributed by atoms with Crippen molar-refractivity contribution in [1.82, 2.24) is 15.6 Å². The standard InChI is InChI=1S/C12H19N3O2/c1-8-11(17-9(2)14-8)12(16)15-10-4-3-6-13-7-5-10/h10,13H,3-7H2,1-2H3,(H,15,16). The predicted octanol–water partition coefficient (Wildman–Crippen LogP) is 1.16. The summed E-state index contributed by atoms with van der Waals surface area (Å²) in [5.74, 6) is 0.741. The minimum absolute atomic E-state index is 0.144. The molecule has 0 radical (unpaired) electrons. The highest BCUT2D eigenvalue weighted by molar-refractivity contribution is 5.92. The normalized spacial score (nSPS) is 20.9. The first kappa shape index (κ1) is 12.1. The minimum Gasteiger partial charge on any atom is -0.436 e. The maximum absolute atomic E-state index is 12.0. The number of oxazole rings is 1. The Kier molecular flexibility index (Phi) is 3.78. The summed E-state index contributed by atoms with van der Waals surface area (Å²) in [5, 5.41) is 6.34. The lowest BCUT2D eigenvalue weighted by molar-refractivity contribution is 0.0904. The molecule has 94 valence electrons. The molecule has 1 amide bonds. The molecule has 2 rings (SSSR count). The fourth-order valence-corrected chi connectivity index (χ4v) is 2.16. The van der Waals surface area contributed by atoms with Crippen LogP contribution in [0.4, 0.5) is 0 Å². The molecule has 5 nitrogen and oxygen atoms in total. The molecule has 1 fully saturated rings. The van der Waals surface area contributed by atoms with Gasteiger partial charge in [-0.15, -0.1) is 0 Å². The van der Waals surface area contributed by atoms with Crippen LogP contribution in [0.5, 0.6) is 0 Å². The van der Waals surface area contributed by atoms with Crippen LogP contribution < -0.4 is 10.6 Å². The van der Waals surface area contributed by atoms with Gasteiger partial charge in [0.05, 0.1) is 5.69 Å². The van der Waals surface area contributed by atoms with E-state index in [0.29, 0.717) is 17.3 Å². The van der Waals surface area contributed by atoms with Gasteiger partial charge in [-0.2, -0.15) is 0 Å². The van der Waals surface area contributed by atoms with Gasteiger partial charge >= 0.3 is 0 Å². The highest BCUT2D eigenvalue weighted by Crippen LogP contribution is 2.11. The lowest BCUT2D eigenvalue weighted by Gasteiger charge is -2.14. The number of carbonyl (C=O) groups excluding carboxylic acids is 1. The van der Waals surface area contributed by atoms with Crippen molar-refractivity contribution in [2.24, 2.45) is 0 Å². The number of rotatable bonds is 2. The first-order valence-electron chi connectivity index (χ1n) is 6.12. The van der Waals surface area contributed by atoms with E-state index in [1.807, 2.05) is 0 Å². The maximum Gasteiger partial charge on any atom is 0.289 e. The quantitative estimate of drug-likeness (QED) is 0.810. The summed E-state index contributed by atoms with van der Waals surface area (Å²) in [6.45, 7) is 5.53. The summed E-state index contributed by atoms with van der Waals surface area (Å²) in [6.07, 6.45) is 3.09. The summed E-state index contributed by atoms with van der Waals surface area (Å²) in [7, 11) is 0. The van der Waals surface area contributed by atoms with E-state index in [9.17, 15) is 4.79 Å². The third-order valence-corrected chi connectivity index (χ3v) is 3.02. The lowest BCUT2D eigenvalue weighted by Crippen LogP contribution is -2.35. The van der Waals surface area contributed by atoms with Gasteiger partial charge in [-0.1, -0.05) is 0 Å². The van der Waals surface area contributed by atoms with Gasteiger partial charge in [0, 0.05) is 13.0 Å². The molecule has 0 aromatic carbocycles. The Morgan fingerprint density at radius 2 is 2.24 bits per heavy atom. The van der Waals surface area contributed by atoms with Crippen molar-refractivity contribution in [2.45, 2.75) is 39.2 Å². The van der Waals surface area contributed by atoms with Crippen molar-refractivity contribution >= 4 is 5.91 Å². The minimum atomic E-state index is -0.144. The molecule has 0 aliphatic carbocycles. The van der Waals surface area contributed by atoms with Crippen molar-refractivity contribution in [1.29, 1.82) is 0 Å². The van der Waals surface area contributed by atoms with E-state index in [1.54, 1.807) is 13.8 Å². The molecule has 0 saturated carbocycles. The monoisotopic (exact) mass is 237 g/mol. The largest absolute Gasteiger partial charge is 0.436 e. The Bertz CT molecular complexity index is 392. The zero-order chi connectivity index (χ0) is 12.3. The Morgan fingerprint density at radius 3 is 2.94 bits per heavy atom. The third kappa shape index (κ3) is 3.06. The van der Waals surface area contributed by atoms with Crippen molar-refractivity contribution in [3.05, 3.63) is 17.3 Å². The lowest BCUT2D eigenvalue weighted by atomic mass is 10.1. The van der Waals surface area contributed by atoms with Gasteiger partial charge in [-0.25, -0.2) is 4.98 Å². The average Bonchev–Trinajstić information content (AvgIpc) is 2.51. The van der Waals surface area contributed by atoms with Crippen LogP contribution in [0.25, 0.3) is 0 Å². The number of nitrogens with one attached hydrogen (secondary N) is 2. The SMILES string of the molecule is Cc1nc(C)c(C(=O)NC2CCCNCC2)o1. The Hall–Kier alpha value is -1.36. The molecule has 2 N–H and O–H groups in total. The molecular weight excluding hydrogens is 218 g/mol. The van der Waals surface area contributed by atoms with E-state index < -0.39 is 0 Å². The summed E-state index contributed by atoms with van der Waals surface area (Å²) in [4.78, 5) is 16.1. The molecule has 2 heterocycles. The van der Waals surface area contributed by atoms with Crippen LogP contribution in [-0.2, 0) is 0 Å². The molecular formula is C12H19N3O2. The summed E-state index contributed by atoms with van der Waals surface area (Å²) in [6, 6.07) is 0.238. The second-order valence-corrected chi connectivity index (χ2v) is 4.50. The molecule has 0 bridgehead atoms. The van der Waals surface area contributed by atoms with Gasteiger partial charge in [0.25, 0.3) is 5.91 Å². The number of hydrogen-bond acceptors (Lipinski definition) is 4. The zero-order valence-electron chi connectivity index (χ0n) is 10.4. The smallest absolute Gasteiger partial charge is 0.289 e. The number of nitrogens with zero attached hydrogens (tertiary/aromatic N) is 1. The van der Waals surface area contributed by atoms with E-state index in [1.165, 1.54) is 0 Å². The van der Waals surface area contributed by atoms with Gasteiger partial charge in [-0.05, 0) is 39.3 Å². The summed E-state index contributed by atoms with van der Waals surface area (Å²) >= 11 is 0. The number of aromatic nitrogens is 1. The van der Waals surface area contributed by atoms with Crippen molar-refractivity contribution in [3.63, 3.8) is 0 Å². The topological polar surface area (TPSA) is 67.2 Å². The molecule has 1 atom stereocenters. The Morgan fingerprint density at radius 1 is 1.41 bits per heavy atom. The third-order valence-electron chi connectivity index (χ3n) is 3.02. The molecule has 1 aromatic heterocycles. The van der Waals surface area contributed by atoms with E-state index in [4.69, 9.17) is 4.42 Å². The van der Waals surface area contributed by atoms with E-state index in [0.717, 1.165) is 32.4 Å². The van der Waals surface area contributed by atoms with E-state index in [-0.39, 0.29) is 11.9 Å². The Balaban J connectivity index is 1.98. The molecule has 1 aliphatic rings. The molecule has 1 aromatic rings. The molecule has 17 heavy (non-hydrogen) atoms. The molecule has 1 aliphatic heterocycles. The highest BCUT2D eigenvalue weighted by atomic mass is 16.4. The average molecular weight is 237 g/mol. The second-order valence-electron chi connectivity index (χ2n) is 4.50. The van der Waals surface area contributed by atoms with Crippen LogP contribution in [0.3, 0.4) is 0 Å². The van der Waals surface area contributed by atoms with E-state index in [2.05, 4.69) is 15.6 Å². The molecule has 1 saturated heterocycles. The summed E-state index contributed by atoms with van der Waals surface area (Å²) < 4.78 is 5.31. The van der Waals surface area contributed by atoms with Gasteiger partial charge in [-0.3, -0.25) is 4.79 Å². The van der Waals surface area contributed by atoms with Gasteiger partial charge in [0.1, 0.15) is 0 Å². The van der Waals surface area contributed by atoms with Crippen molar-refractivity contribution < 1.29 is 9.21 Å². The van der Waals surface area contributed by atoms with Crippen LogP contribution in [0.1, 0.15) is 41.4 Å². The summed E-state index contributed by atoms with van der Waals surface area (Å²) in [5.41, 5.74) is 0.659. The van der Waals surface area contributed by atoms with Crippen LogP contribution in [0, 0.1) is 13.8 Å². The maximum atomic E-state index is 12.0. The molecule has 1 unspecified atom stereocenters. The number of carbonyl (C=O) groups is 1. The fraction of sp³-hybridized carbons (Fsp3) is 0.667. The fourth-order valence-electron chi connectivity index (χ4n) is 2.16. The molecule has 0 spiro atoms. The van der Waals surface area contributed by atoms with Gasteiger partial charge < -0.3 is 15.1 Å². The van der Waals surface area contributed by atoms with Crippen molar-refractivity contribution in [2.75, 3.05) is 13.1 Å². The highest BCUT2D eigenvalue weighted by Gasteiger charge is 2.20. The zero-order valence-corrected chi connectivity index (χ0v) is 10.4. The number of aryl methyl sites for hydroxylation is 2. The second kappa shape index (κ2) is 5.31. The first-order chi connectivity index (χ1) is 8.16. The Labute approximate surface area is 101 Å². The van der Waals surface area contributed by atoms with Crippen LogP contribution in [0.2, 0.25) is 0 Å². The van der Waals surface area contributed by atoms with Gasteiger partial charge in [0.15, 0.2) is 5.89 Å². The van der Waals surface area contributed by atoms with Crippen LogP contribution >= 0.6 is 0 Å². The number of hydrogen-bond donors (Lipinski definition) is 2. The first-order valence-corrected chi connectivity index (χ1v) is 6.12. The molecule has 5 heteroatoms. The van der Waals surface area contributed by atoms with Gasteiger partial charge in [0.2, 0.25) is 5.76 Å². The van der Waals surface area contributed by atoms with Crippen molar-refractivity contribution in [3.8, 4) is 0 Å². The van der Waals surface area contributed by atoms with Crippen LogP contribution in [0.15, 0.2) is 4.42 Å². The predicted molar refractivity (Wildman–Crippen MR) is 64.0 cm³/mol. The van der Waals surface area contributed by atoms with Crippen LogP contribution in [-0.4, -0.2) is 30.0 Å².